The number of aromatic amines is 1. The summed E-state index contributed by atoms with van der Waals surface area (Å²) in [4.78, 5) is 28.0. The number of phenolic OH excluding ortho intramolecular Hbond substituents is 1. The lowest BCUT2D eigenvalue weighted by atomic mass is 10.1. The molecule has 23 heavy (non-hydrogen) atoms. The maximum atomic E-state index is 12.6. The van der Waals surface area contributed by atoms with Crippen molar-refractivity contribution in [1.29, 1.82) is 0 Å². The predicted octanol–water partition coefficient (Wildman–Crippen LogP) is 1.79. The number of ether oxygens (including phenoxy) is 1. The molecule has 0 aliphatic rings. The fraction of sp³-hybridized carbons (Fsp3) is 0.294. The number of aromatic nitrogens is 1. The largest absolute Gasteiger partial charge is 0.508 e. The van der Waals surface area contributed by atoms with Crippen LogP contribution < -0.4 is 10.3 Å². The molecule has 1 heterocycles. The Kier molecular flexibility index (Phi) is 5.05. The van der Waals surface area contributed by atoms with Gasteiger partial charge >= 0.3 is 0 Å². The summed E-state index contributed by atoms with van der Waals surface area (Å²) in [6, 6.07) is 8.08. The van der Waals surface area contributed by atoms with Crippen molar-refractivity contribution in [3.8, 4) is 11.5 Å². The minimum atomic E-state index is -0.321. The zero-order valence-electron chi connectivity index (χ0n) is 13.4. The molecule has 2 N–H and O–H groups in total. The lowest BCUT2D eigenvalue weighted by molar-refractivity contribution is 0.0739. The van der Waals surface area contributed by atoms with Gasteiger partial charge in [-0.3, -0.25) is 9.59 Å². The fourth-order valence-corrected chi connectivity index (χ4v) is 2.29. The summed E-state index contributed by atoms with van der Waals surface area (Å²) in [7, 11) is 3.13. The second-order valence-electron chi connectivity index (χ2n) is 5.41. The maximum absolute atomic E-state index is 12.6. The second-order valence-corrected chi connectivity index (χ2v) is 5.41. The standard InChI is InChI=1S/C17H20N2O4/c1-11(8-12-4-6-13(20)7-5-12)19(2)17(22)14-10-18-16(21)9-15(14)23-3/h4-7,9-11,20H,8H2,1-3H3,(H,18,21). The van der Waals surface area contributed by atoms with Crippen LogP contribution in [0.3, 0.4) is 0 Å². The summed E-state index contributed by atoms with van der Waals surface area (Å²) >= 11 is 0. The molecule has 1 aromatic heterocycles. The van der Waals surface area contributed by atoms with Gasteiger partial charge in [0, 0.05) is 25.4 Å². The third-order valence-electron chi connectivity index (χ3n) is 3.79. The zero-order valence-corrected chi connectivity index (χ0v) is 13.4. The number of methoxy groups -OCH3 is 1. The van der Waals surface area contributed by atoms with Crippen LogP contribution in [0.1, 0.15) is 22.8 Å². The molecule has 1 amide bonds. The number of hydrogen-bond donors (Lipinski definition) is 2. The SMILES string of the molecule is COc1cc(=O)[nH]cc1C(=O)N(C)C(C)Cc1ccc(O)cc1. The topological polar surface area (TPSA) is 82.6 Å². The third-order valence-corrected chi connectivity index (χ3v) is 3.79. The molecule has 1 aromatic carbocycles. The van der Waals surface area contributed by atoms with E-state index in [1.807, 2.05) is 19.1 Å². The molecule has 122 valence electrons. The van der Waals surface area contributed by atoms with E-state index < -0.39 is 0 Å². The Balaban J connectivity index is 2.15. The van der Waals surface area contributed by atoms with Crippen LogP contribution in [-0.4, -0.2) is 41.1 Å². The van der Waals surface area contributed by atoms with E-state index in [4.69, 9.17) is 4.74 Å². The van der Waals surface area contributed by atoms with Crippen molar-refractivity contribution >= 4 is 5.91 Å². The molecular weight excluding hydrogens is 296 g/mol. The average molecular weight is 316 g/mol. The fourth-order valence-electron chi connectivity index (χ4n) is 2.29. The summed E-state index contributed by atoms with van der Waals surface area (Å²) in [5.41, 5.74) is 1.01. The second kappa shape index (κ2) is 7.00. The van der Waals surface area contributed by atoms with Crippen molar-refractivity contribution in [3.63, 3.8) is 0 Å². The number of hydrogen-bond acceptors (Lipinski definition) is 4. The molecular formula is C17H20N2O4. The van der Waals surface area contributed by atoms with Crippen molar-refractivity contribution in [2.75, 3.05) is 14.2 Å². The number of amides is 1. The van der Waals surface area contributed by atoms with Crippen LogP contribution in [0.25, 0.3) is 0 Å². The number of nitrogens with zero attached hydrogens (tertiary/aromatic N) is 1. The van der Waals surface area contributed by atoms with E-state index in [1.165, 1.54) is 19.4 Å². The molecule has 6 heteroatoms. The summed E-state index contributed by atoms with van der Waals surface area (Å²) < 4.78 is 5.11. The molecule has 1 unspecified atom stereocenters. The zero-order chi connectivity index (χ0) is 17.0. The number of rotatable bonds is 5. The molecule has 2 rings (SSSR count). The Morgan fingerprint density at radius 1 is 1.35 bits per heavy atom. The molecule has 0 aliphatic heterocycles. The van der Waals surface area contributed by atoms with Gasteiger partial charge in [-0.15, -0.1) is 0 Å². The minimum absolute atomic E-state index is 0.0660. The van der Waals surface area contributed by atoms with Gasteiger partial charge in [-0.1, -0.05) is 12.1 Å². The number of aromatic hydroxyl groups is 1. The van der Waals surface area contributed by atoms with Crippen LogP contribution in [0.5, 0.6) is 11.5 Å². The molecule has 2 aromatic rings. The molecule has 0 spiro atoms. The molecule has 0 aliphatic carbocycles. The first-order valence-electron chi connectivity index (χ1n) is 7.24. The van der Waals surface area contributed by atoms with E-state index in [2.05, 4.69) is 4.98 Å². The average Bonchev–Trinajstić information content (AvgIpc) is 2.55. The van der Waals surface area contributed by atoms with Crippen molar-refractivity contribution in [1.82, 2.24) is 9.88 Å². The smallest absolute Gasteiger partial charge is 0.259 e. The van der Waals surface area contributed by atoms with Crippen molar-refractivity contribution in [2.24, 2.45) is 0 Å². The van der Waals surface area contributed by atoms with Gasteiger partial charge in [-0.05, 0) is 31.0 Å². The highest BCUT2D eigenvalue weighted by molar-refractivity contribution is 5.96. The molecule has 0 fully saturated rings. The van der Waals surface area contributed by atoms with Gasteiger partial charge in [0.1, 0.15) is 11.5 Å². The molecule has 1 atom stereocenters. The normalized spacial score (nSPS) is 11.8. The number of carbonyl (C=O) groups excluding carboxylic acids is 1. The number of H-pyrrole nitrogens is 1. The first kappa shape index (κ1) is 16.6. The number of carbonyl (C=O) groups is 1. The highest BCUT2D eigenvalue weighted by atomic mass is 16.5. The van der Waals surface area contributed by atoms with Gasteiger partial charge < -0.3 is 19.7 Å². The van der Waals surface area contributed by atoms with Gasteiger partial charge in [0.25, 0.3) is 11.5 Å². The molecule has 6 nitrogen and oxygen atoms in total. The number of pyridine rings is 1. The first-order valence-corrected chi connectivity index (χ1v) is 7.24. The van der Waals surface area contributed by atoms with Crippen LogP contribution in [0.4, 0.5) is 0 Å². The Morgan fingerprint density at radius 2 is 2.00 bits per heavy atom. The van der Waals surface area contributed by atoms with Crippen LogP contribution in [0.2, 0.25) is 0 Å². The van der Waals surface area contributed by atoms with Gasteiger partial charge in [0.05, 0.1) is 12.7 Å². The van der Waals surface area contributed by atoms with E-state index >= 15 is 0 Å². The van der Waals surface area contributed by atoms with Crippen molar-refractivity contribution < 1.29 is 14.6 Å². The first-order chi connectivity index (χ1) is 10.9. The van der Waals surface area contributed by atoms with Crippen LogP contribution in [-0.2, 0) is 6.42 Å². The van der Waals surface area contributed by atoms with Crippen molar-refractivity contribution in [2.45, 2.75) is 19.4 Å². The lowest BCUT2D eigenvalue weighted by Gasteiger charge is -2.25. The quantitative estimate of drug-likeness (QED) is 0.881. The lowest BCUT2D eigenvalue weighted by Crippen LogP contribution is -2.37. The summed E-state index contributed by atoms with van der Waals surface area (Å²) in [5.74, 6) is 0.232. The number of likely N-dealkylation sites (N-methyl/N-ethyl adjacent to an activating group) is 1. The maximum Gasteiger partial charge on any atom is 0.259 e. The van der Waals surface area contributed by atoms with Gasteiger partial charge in [0.15, 0.2) is 0 Å². The molecule has 0 saturated heterocycles. The third kappa shape index (κ3) is 3.91. The summed E-state index contributed by atoms with van der Waals surface area (Å²) in [6.45, 7) is 1.93. The Bertz CT molecular complexity index is 737. The van der Waals surface area contributed by atoms with Gasteiger partial charge in [0.2, 0.25) is 0 Å². The number of nitrogens with one attached hydrogen (secondary N) is 1. The van der Waals surface area contributed by atoms with Crippen LogP contribution >= 0.6 is 0 Å². The molecule has 0 saturated carbocycles. The number of phenols is 1. The molecule has 0 radical (unpaired) electrons. The Morgan fingerprint density at radius 3 is 2.61 bits per heavy atom. The molecule has 0 bridgehead atoms. The summed E-state index contributed by atoms with van der Waals surface area (Å²) in [5, 5.41) is 9.31. The number of benzene rings is 1. The minimum Gasteiger partial charge on any atom is -0.508 e. The van der Waals surface area contributed by atoms with Crippen molar-refractivity contribution in [3.05, 3.63) is 58.0 Å². The van der Waals surface area contributed by atoms with Crippen LogP contribution in [0.15, 0.2) is 41.3 Å². The van der Waals surface area contributed by atoms with E-state index in [1.54, 1.807) is 24.1 Å². The van der Waals surface area contributed by atoms with E-state index in [0.29, 0.717) is 12.0 Å². The highest BCUT2D eigenvalue weighted by Gasteiger charge is 2.21. The van der Waals surface area contributed by atoms with Gasteiger partial charge in [-0.25, -0.2) is 0 Å². The highest BCUT2D eigenvalue weighted by Crippen LogP contribution is 2.19. The van der Waals surface area contributed by atoms with E-state index in [-0.39, 0.29) is 29.0 Å². The van der Waals surface area contributed by atoms with Gasteiger partial charge in [-0.2, -0.15) is 0 Å². The van der Waals surface area contributed by atoms with Crippen LogP contribution in [0, 0.1) is 0 Å². The van der Waals surface area contributed by atoms with E-state index in [9.17, 15) is 14.7 Å². The summed E-state index contributed by atoms with van der Waals surface area (Å²) in [6.07, 6.45) is 2.02. The predicted molar refractivity (Wildman–Crippen MR) is 87.0 cm³/mol. The Labute approximate surface area is 134 Å². The van der Waals surface area contributed by atoms with E-state index in [0.717, 1.165) is 5.56 Å². The Hall–Kier alpha value is -2.76. The monoisotopic (exact) mass is 316 g/mol.